The highest BCUT2D eigenvalue weighted by Crippen LogP contribution is 2.12. The van der Waals surface area contributed by atoms with Crippen LogP contribution in [0.1, 0.15) is 129 Å². The highest BCUT2D eigenvalue weighted by atomic mass is 32.2. The molecule has 3 atom stereocenters. The fraction of sp³-hybridized carbons (Fsp3) is 0.828. The van der Waals surface area contributed by atoms with Crippen molar-refractivity contribution in [2.45, 2.75) is 148 Å². The zero-order valence-electron chi connectivity index (χ0n) is 23.5. The molecule has 1 amide bonds. The average molecular weight is 546 g/mol. The van der Waals surface area contributed by atoms with E-state index in [1.807, 2.05) is 0 Å². The van der Waals surface area contributed by atoms with Crippen molar-refractivity contribution >= 4 is 16.0 Å². The van der Waals surface area contributed by atoms with Gasteiger partial charge >= 0.3 is 0 Å². The highest BCUT2D eigenvalue weighted by Gasteiger charge is 2.27. The summed E-state index contributed by atoms with van der Waals surface area (Å²) >= 11 is 0. The van der Waals surface area contributed by atoms with Crippen molar-refractivity contribution in [3.8, 4) is 0 Å². The van der Waals surface area contributed by atoms with E-state index >= 15 is 0 Å². The molecule has 7 nitrogen and oxygen atoms in total. The van der Waals surface area contributed by atoms with Gasteiger partial charge in [-0.05, 0) is 44.9 Å². The van der Waals surface area contributed by atoms with Gasteiger partial charge in [-0.2, -0.15) is 8.42 Å². The number of aliphatic hydroxyl groups excluding tert-OH is 2. The van der Waals surface area contributed by atoms with E-state index in [1.165, 1.54) is 51.0 Å². The Balaban J connectivity index is 4.17. The van der Waals surface area contributed by atoms with Gasteiger partial charge in [-0.15, -0.1) is 0 Å². The SMILES string of the molecule is CCCCCC/C=C\CCCCCCCCC(O)C(=O)NC(CS(=O)(=O)O)C(O)/C=C/CCCCCC. The summed E-state index contributed by atoms with van der Waals surface area (Å²) in [5.74, 6) is -1.55. The van der Waals surface area contributed by atoms with Crippen molar-refractivity contribution in [2.75, 3.05) is 5.75 Å². The van der Waals surface area contributed by atoms with E-state index in [-0.39, 0.29) is 6.42 Å². The molecule has 8 heteroatoms. The Labute approximate surface area is 227 Å². The van der Waals surface area contributed by atoms with Crippen LogP contribution in [0.25, 0.3) is 0 Å². The number of carbonyl (C=O) groups excluding carboxylic acids is 1. The van der Waals surface area contributed by atoms with Gasteiger partial charge in [0.05, 0.1) is 17.9 Å². The summed E-state index contributed by atoms with van der Waals surface area (Å²) in [7, 11) is -4.42. The molecule has 3 unspecified atom stereocenters. The van der Waals surface area contributed by atoms with E-state index in [1.54, 1.807) is 6.08 Å². The lowest BCUT2D eigenvalue weighted by molar-refractivity contribution is -0.130. The van der Waals surface area contributed by atoms with Crippen LogP contribution in [0, 0.1) is 0 Å². The highest BCUT2D eigenvalue weighted by molar-refractivity contribution is 7.85. The van der Waals surface area contributed by atoms with Crippen LogP contribution in [0.5, 0.6) is 0 Å². The summed E-state index contributed by atoms with van der Waals surface area (Å²) in [5, 5.41) is 23.0. The van der Waals surface area contributed by atoms with Crippen LogP contribution in [0.15, 0.2) is 24.3 Å². The van der Waals surface area contributed by atoms with E-state index in [0.717, 1.165) is 57.8 Å². The van der Waals surface area contributed by atoms with Crippen molar-refractivity contribution in [1.82, 2.24) is 5.32 Å². The van der Waals surface area contributed by atoms with Crippen LogP contribution >= 0.6 is 0 Å². The molecule has 0 radical (unpaired) electrons. The lowest BCUT2D eigenvalue weighted by Gasteiger charge is -2.22. The Kier molecular flexibility index (Phi) is 23.1. The van der Waals surface area contributed by atoms with Gasteiger partial charge in [-0.3, -0.25) is 9.35 Å². The predicted molar refractivity (Wildman–Crippen MR) is 153 cm³/mol. The number of hydrogen-bond acceptors (Lipinski definition) is 5. The maximum Gasteiger partial charge on any atom is 0.267 e. The van der Waals surface area contributed by atoms with E-state index < -0.39 is 40.0 Å². The van der Waals surface area contributed by atoms with Crippen LogP contribution in [-0.2, 0) is 14.9 Å². The summed E-state index contributed by atoms with van der Waals surface area (Å²) in [6.45, 7) is 4.34. The Morgan fingerprint density at radius 3 is 1.70 bits per heavy atom. The Hall–Kier alpha value is -1.22. The molecule has 0 aromatic rings. The first-order chi connectivity index (χ1) is 17.7. The van der Waals surface area contributed by atoms with Crippen LogP contribution in [-0.4, -0.2) is 53.1 Å². The second-order valence-corrected chi connectivity index (χ2v) is 11.7. The predicted octanol–water partition coefficient (Wildman–Crippen LogP) is 6.25. The van der Waals surface area contributed by atoms with Crippen LogP contribution < -0.4 is 5.32 Å². The van der Waals surface area contributed by atoms with Crippen LogP contribution in [0.4, 0.5) is 0 Å². The molecule has 0 saturated carbocycles. The smallest absolute Gasteiger partial charge is 0.267 e. The van der Waals surface area contributed by atoms with Gasteiger partial charge in [-0.25, -0.2) is 0 Å². The zero-order chi connectivity index (χ0) is 27.8. The number of carbonyl (C=O) groups is 1. The second-order valence-electron chi connectivity index (χ2n) is 10.2. The zero-order valence-corrected chi connectivity index (χ0v) is 24.3. The third-order valence-electron chi connectivity index (χ3n) is 6.48. The molecule has 0 spiro atoms. The average Bonchev–Trinajstić information content (AvgIpc) is 2.84. The molecule has 0 aliphatic carbocycles. The van der Waals surface area contributed by atoms with Crippen molar-refractivity contribution in [1.29, 1.82) is 0 Å². The number of hydrogen-bond donors (Lipinski definition) is 4. The number of nitrogens with one attached hydrogen (secondary N) is 1. The maximum absolute atomic E-state index is 12.4. The first-order valence-electron chi connectivity index (χ1n) is 14.6. The maximum atomic E-state index is 12.4. The Bertz CT molecular complexity index is 707. The summed E-state index contributed by atoms with van der Waals surface area (Å²) in [6.07, 6.45) is 24.1. The summed E-state index contributed by atoms with van der Waals surface area (Å²) < 4.78 is 32.0. The molecule has 0 aliphatic rings. The van der Waals surface area contributed by atoms with Gasteiger partial charge in [0.2, 0.25) is 5.91 Å². The third kappa shape index (κ3) is 23.6. The molecule has 0 heterocycles. The molecule has 37 heavy (non-hydrogen) atoms. The van der Waals surface area contributed by atoms with Crippen molar-refractivity contribution in [3.63, 3.8) is 0 Å². The van der Waals surface area contributed by atoms with E-state index in [9.17, 15) is 28.0 Å². The van der Waals surface area contributed by atoms with E-state index in [4.69, 9.17) is 0 Å². The molecule has 218 valence electrons. The largest absolute Gasteiger partial charge is 0.387 e. The van der Waals surface area contributed by atoms with Crippen molar-refractivity contribution in [3.05, 3.63) is 24.3 Å². The van der Waals surface area contributed by atoms with E-state index in [2.05, 4.69) is 31.3 Å². The van der Waals surface area contributed by atoms with Gasteiger partial charge in [0.25, 0.3) is 10.1 Å². The topological polar surface area (TPSA) is 124 Å². The van der Waals surface area contributed by atoms with Crippen LogP contribution in [0.2, 0.25) is 0 Å². The summed E-state index contributed by atoms with van der Waals surface area (Å²) in [6, 6.07) is -1.23. The minimum absolute atomic E-state index is 0.272. The fourth-order valence-corrected chi connectivity index (χ4v) is 4.89. The third-order valence-corrected chi connectivity index (χ3v) is 7.26. The molecular weight excluding hydrogens is 490 g/mol. The molecular formula is C29H55NO6S. The second kappa shape index (κ2) is 23.9. The van der Waals surface area contributed by atoms with Gasteiger partial charge in [0, 0.05) is 0 Å². The first kappa shape index (κ1) is 35.8. The quantitative estimate of drug-likeness (QED) is 0.0610. The number of amides is 1. The molecule has 0 fully saturated rings. The minimum atomic E-state index is -4.42. The van der Waals surface area contributed by atoms with E-state index in [0.29, 0.717) is 6.42 Å². The van der Waals surface area contributed by atoms with Gasteiger partial charge in [0.1, 0.15) is 6.10 Å². The molecule has 0 aliphatic heterocycles. The van der Waals surface area contributed by atoms with Gasteiger partial charge < -0.3 is 15.5 Å². The van der Waals surface area contributed by atoms with Crippen LogP contribution in [0.3, 0.4) is 0 Å². The lowest BCUT2D eigenvalue weighted by Crippen LogP contribution is -2.50. The molecule has 4 N–H and O–H groups in total. The minimum Gasteiger partial charge on any atom is -0.387 e. The monoisotopic (exact) mass is 545 g/mol. The Morgan fingerprint density at radius 2 is 1.19 bits per heavy atom. The fourth-order valence-electron chi connectivity index (χ4n) is 4.15. The van der Waals surface area contributed by atoms with Gasteiger partial charge in [0.15, 0.2) is 0 Å². The number of aliphatic hydroxyl groups is 2. The molecule has 0 aromatic carbocycles. The lowest BCUT2D eigenvalue weighted by atomic mass is 10.0. The van der Waals surface area contributed by atoms with Crippen molar-refractivity contribution in [2.24, 2.45) is 0 Å². The van der Waals surface area contributed by atoms with Crippen molar-refractivity contribution < 1.29 is 28.0 Å². The first-order valence-corrected chi connectivity index (χ1v) is 16.3. The number of allylic oxidation sites excluding steroid dienone is 3. The Morgan fingerprint density at radius 1 is 0.730 bits per heavy atom. The summed E-state index contributed by atoms with van der Waals surface area (Å²) in [5.41, 5.74) is 0. The molecule has 0 rings (SSSR count). The molecule has 0 aromatic heterocycles. The summed E-state index contributed by atoms with van der Waals surface area (Å²) in [4.78, 5) is 12.4. The normalized spacial score (nSPS) is 14.8. The number of rotatable bonds is 25. The molecule has 0 saturated heterocycles. The standard InChI is InChI=1S/C29H55NO6S/c1-3-5-7-9-11-12-13-14-15-16-17-18-20-22-24-28(32)29(33)30-26(25-37(34,35)36)27(31)23-21-19-10-8-6-4-2/h12-13,21,23,26-28,31-32H,3-11,14-20,22,24-25H2,1-2H3,(H,30,33)(H,34,35,36)/b13-12-,23-21+. The molecule has 0 bridgehead atoms. The van der Waals surface area contributed by atoms with Gasteiger partial charge in [-0.1, -0.05) is 109 Å². The number of unbranched alkanes of at least 4 members (excludes halogenated alkanes) is 14.